The Morgan fingerprint density at radius 3 is 2.45 bits per heavy atom. The molecule has 0 spiro atoms. The van der Waals surface area contributed by atoms with Crippen LogP contribution in [-0.2, 0) is 16.6 Å². The second kappa shape index (κ2) is 6.70. The van der Waals surface area contributed by atoms with Gasteiger partial charge in [0.2, 0.25) is 10.0 Å². The molecule has 1 aliphatic rings. The Hall–Kier alpha value is -0.910. The molecule has 0 unspecified atom stereocenters. The number of aryl methyl sites for hydroxylation is 1. The molecule has 1 fully saturated rings. The van der Waals surface area contributed by atoms with Crippen LogP contribution in [0.1, 0.15) is 49.7 Å². The molecule has 2 N–H and O–H groups in total. The van der Waals surface area contributed by atoms with Crippen LogP contribution in [0, 0.1) is 6.92 Å². The average Bonchev–Trinajstić information content (AvgIpc) is 2.67. The van der Waals surface area contributed by atoms with Gasteiger partial charge in [-0.2, -0.15) is 0 Å². The second-order valence-corrected chi connectivity index (χ2v) is 7.27. The van der Waals surface area contributed by atoms with Gasteiger partial charge in [-0.1, -0.05) is 31.7 Å². The fourth-order valence-corrected chi connectivity index (χ4v) is 4.03. The molecule has 0 amide bonds. The summed E-state index contributed by atoms with van der Waals surface area (Å²) in [6, 6.07) is 4.95. The Kier molecular flexibility index (Phi) is 5.18. The van der Waals surface area contributed by atoms with Crippen LogP contribution in [0.15, 0.2) is 23.1 Å². The van der Waals surface area contributed by atoms with Crippen LogP contribution in [0.4, 0.5) is 0 Å². The second-order valence-electron chi connectivity index (χ2n) is 5.56. The molecule has 0 radical (unpaired) electrons. The summed E-state index contributed by atoms with van der Waals surface area (Å²) in [5, 5.41) is 9.25. The van der Waals surface area contributed by atoms with E-state index in [9.17, 15) is 13.5 Å². The first-order valence-corrected chi connectivity index (χ1v) is 8.74. The fourth-order valence-electron chi connectivity index (χ4n) is 2.67. The minimum Gasteiger partial charge on any atom is -0.392 e. The van der Waals surface area contributed by atoms with Crippen molar-refractivity contribution in [2.24, 2.45) is 0 Å². The van der Waals surface area contributed by atoms with E-state index in [4.69, 9.17) is 0 Å². The Balaban J connectivity index is 2.17. The van der Waals surface area contributed by atoms with Gasteiger partial charge in [0.15, 0.2) is 0 Å². The molecule has 0 saturated heterocycles. The molecule has 1 aromatic rings. The van der Waals surface area contributed by atoms with Crippen molar-refractivity contribution >= 4 is 10.0 Å². The first-order chi connectivity index (χ1) is 9.53. The SMILES string of the molecule is Cc1ccc(S(=O)(=O)NC2CCCCCC2)cc1CO. The molecule has 1 aromatic carbocycles. The zero-order chi connectivity index (χ0) is 14.6. The van der Waals surface area contributed by atoms with Crippen molar-refractivity contribution in [2.45, 2.75) is 63.0 Å². The maximum absolute atomic E-state index is 12.4. The highest BCUT2D eigenvalue weighted by atomic mass is 32.2. The van der Waals surface area contributed by atoms with Crippen LogP contribution in [0.25, 0.3) is 0 Å². The number of rotatable bonds is 4. The first kappa shape index (κ1) is 15.5. The van der Waals surface area contributed by atoms with Crippen LogP contribution < -0.4 is 4.72 Å². The lowest BCUT2D eigenvalue weighted by Crippen LogP contribution is -2.34. The lowest BCUT2D eigenvalue weighted by Gasteiger charge is -2.17. The van der Waals surface area contributed by atoms with E-state index in [0.29, 0.717) is 5.56 Å². The van der Waals surface area contributed by atoms with Gasteiger partial charge in [-0.15, -0.1) is 0 Å². The Bertz CT molecular complexity index is 546. The predicted octanol–water partition coefficient (Wildman–Crippen LogP) is 2.49. The van der Waals surface area contributed by atoms with Gasteiger partial charge >= 0.3 is 0 Å². The van der Waals surface area contributed by atoms with Crippen LogP contribution in [0.3, 0.4) is 0 Å². The number of nitrogens with one attached hydrogen (secondary N) is 1. The summed E-state index contributed by atoms with van der Waals surface area (Å²) in [6.45, 7) is 1.72. The minimum absolute atomic E-state index is 0.0429. The van der Waals surface area contributed by atoms with Gasteiger partial charge in [-0.25, -0.2) is 13.1 Å². The lowest BCUT2D eigenvalue weighted by atomic mass is 10.1. The number of aliphatic hydroxyl groups is 1. The standard InChI is InChI=1S/C15H23NO3S/c1-12-8-9-15(10-13(12)11-17)20(18,19)16-14-6-4-2-3-5-7-14/h8-10,14,16-17H,2-7,11H2,1H3. The molecular formula is C15H23NO3S. The predicted molar refractivity (Wildman–Crippen MR) is 78.9 cm³/mol. The normalized spacial score (nSPS) is 17.9. The number of aliphatic hydroxyl groups excluding tert-OH is 1. The van der Waals surface area contributed by atoms with E-state index in [1.807, 2.05) is 6.92 Å². The van der Waals surface area contributed by atoms with Gasteiger partial charge in [0.1, 0.15) is 0 Å². The molecule has 0 bridgehead atoms. The highest BCUT2D eigenvalue weighted by Crippen LogP contribution is 2.21. The molecule has 20 heavy (non-hydrogen) atoms. The molecule has 1 aliphatic carbocycles. The fraction of sp³-hybridized carbons (Fsp3) is 0.600. The van der Waals surface area contributed by atoms with Crippen LogP contribution >= 0.6 is 0 Å². The monoisotopic (exact) mass is 297 g/mol. The van der Waals surface area contributed by atoms with Crippen LogP contribution in [-0.4, -0.2) is 19.6 Å². The van der Waals surface area contributed by atoms with Crippen molar-refractivity contribution in [2.75, 3.05) is 0 Å². The van der Waals surface area contributed by atoms with Gasteiger partial charge < -0.3 is 5.11 Å². The van der Waals surface area contributed by atoms with Crippen molar-refractivity contribution in [1.82, 2.24) is 4.72 Å². The Morgan fingerprint density at radius 1 is 1.20 bits per heavy atom. The zero-order valence-electron chi connectivity index (χ0n) is 11.9. The Labute approximate surface area is 121 Å². The number of benzene rings is 1. The topological polar surface area (TPSA) is 66.4 Å². The van der Waals surface area contributed by atoms with Gasteiger partial charge in [0.25, 0.3) is 0 Å². The summed E-state index contributed by atoms with van der Waals surface area (Å²) < 4.78 is 27.6. The highest BCUT2D eigenvalue weighted by molar-refractivity contribution is 7.89. The molecule has 5 heteroatoms. The van der Waals surface area contributed by atoms with Crippen molar-refractivity contribution in [1.29, 1.82) is 0 Å². The molecule has 0 aliphatic heterocycles. The van der Waals surface area contributed by atoms with Crippen LogP contribution in [0.2, 0.25) is 0 Å². The summed E-state index contributed by atoms with van der Waals surface area (Å²) >= 11 is 0. The summed E-state index contributed by atoms with van der Waals surface area (Å²) in [5.41, 5.74) is 1.56. The third kappa shape index (κ3) is 3.81. The van der Waals surface area contributed by atoms with E-state index in [0.717, 1.165) is 31.2 Å². The van der Waals surface area contributed by atoms with E-state index in [1.165, 1.54) is 12.8 Å². The van der Waals surface area contributed by atoms with Gasteiger partial charge in [-0.05, 0) is 43.0 Å². The Morgan fingerprint density at radius 2 is 1.85 bits per heavy atom. The zero-order valence-corrected chi connectivity index (χ0v) is 12.7. The average molecular weight is 297 g/mol. The molecule has 4 nitrogen and oxygen atoms in total. The third-order valence-corrected chi connectivity index (χ3v) is 5.50. The quantitative estimate of drug-likeness (QED) is 0.839. The summed E-state index contributed by atoms with van der Waals surface area (Å²) in [6.07, 6.45) is 6.39. The smallest absolute Gasteiger partial charge is 0.240 e. The van der Waals surface area contributed by atoms with Gasteiger partial charge in [-0.3, -0.25) is 0 Å². The van der Waals surface area contributed by atoms with Crippen molar-refractivity contribution in [3.05, 3.63) is 29.3 Å². The number of hydrogen-bond donors (Lipinski definition) is 2. The van der Waals surface area contributed by atoms with Gasteiger partial charge in [0.05, 0.1) is 11.5 Å². The van der Waals surface area contributed by atoms with E-state index in [-0.39, 0.29) is 17.5 Å². The molecule has 0 heterocycles. The van der Waals surface area contributed by atoms with E-state index < -0.39 is 10.0 Å². The minimum atomic E-state index is -3.49. The third-order valence-electron chi connectivity index (χ3n) is 3.98. The molecule has 2 rings (SSSR count). The first-order valence-electron chi connectivity index (χ1n) is 7.25. The molecular weight excluding hydrogens is 274 g/mol. The summed E-state index contributed by atoms with van der Waals surface area (Å²) in [5.74, 6) is 0. The molecule has 1 saturated carbocycles. The van der Waals surface area contributed by atoms with Gasteiger partial charge in [0, 0.05) is 6.04 Å². The number of hydrogen-bond acceptors (Lipinski definition) is 3. The number of sulfonamides is 1. The van der Waals surface area contributed by atoms with E-state index >= 15 is 0 Å². The lowest BCUT2D eigenvalue weighted by molar-refractivity contribution is 0.280. The molecule has 0 aromatic heterocycles. The van der Waals surface area contributed by atoms with Crippen LogP contribution in [0.5, 0.6) is 0 Å². The molecule has 112 valence electrons. The van der Waals surface area contributed by atoms with Crippen molar-refractivity contribution in [3.8, 4) is 0 Å². The molecule has 0 atom stereocenters. The summed E-state index contributed by atoms with van der Waals surface area (Å²) in [4.78, 5) is 0.247. The largest absolute Gasteiger partial charge is 0.392 e. The van der Waals surface area contributed by atoms with Crippen molar-refractivity contribution < 1.29 is 13.5 Å². The van der Waals surface area contributed by atoms with Crippen molar-refractivity contribution in [3.63, 3.8) is 0 Å². The van der Waals surface area contributed by atoms with E-state index in [2.05, 4.69) is 4.72 Å². The summed E-state index contributed by atoms with van der Waals surface area (Å²) in [7, 11) is -3.49. The maximum atomic E-state index is 12.4. The van der Waals surface area contributed by atoms with E-state index in [1.54, 1.807) is 18.2 Å². The highest BCUT2D eigenvalue weighted by Gasteiger charge is 2.21. The maximum Gasteiger partial charge on any atom is 0.240 e.